The third-order valence-electron chi connectivity index (χ3n) is 9.74. The van der Waals surface area contributed by atoms with E-state index in [1.807, 2.05) is 0 Å². The normalized spacial score (nSPS) is 53.4. The molecule has 6 aliphatic carbocycles. The number of alkyl halides is 1. The Morgan fingerprint density at radius 1 is 1.07 bits per heavy atom. The highest BCUT2D eigenvalue weighted by Gasteiger charge is 2.69. The predicted octanol–water partition coefficient (Wildman–Crippen LogP) is 3.37. The standard InChI is InChI=1S/C23H29ClO5/c1-23(12-3-10-2-11(5-12)6-13(23)4-10)29-22(27)18-15-8-17-19(18)21(26)28-20(17)16(15)7-14(25)9-24/h10-13,15-20H,2-9H2,1H3. The molecule has 7 rings (SSSR count). The molecule has 0 N–H and O–H groups in total. The van der Waals surface area contributed by atoms with Gasteiger partial charge in [-0.15, -0.1) is 11.6 Å². The van der Waals surface area contributed by atoms with Gasteiger partial charge in [-0.05, 0) is 75.0 Å². The second-order valence-electron chi connectivity index (χ2n) is 11.0. The molecular formula is C23H29ClO5. The van der Waals surface area contributed by atoms with Gasteiger partial charge in [-0.1, -0.05) is 0 Å². The summed E-state index contributed by atoms with van der Waals surface area (Å²) in [4.78, 5) is 38.1. The van der Waals surface area contributed by atoms with Crippen molar-refractivity contribution in [1.29, 1.82) is 0 Å². The maximum Gasteiger partial charge on any atom is 0.310 e. The first-order valence-electron chi connectivity index (χ1n) is 11.4. The molecule has 0 spiro atoms. The molecule has 6 atom stereocenters. The summed E-state index contributed by atoms with van der Waals surface area (Å²) in [7, 11) is 0. The monoisotopic (exact) mass is 420 g/mol. The maximum atomic E-state index is 13.5. The fourth-order valence-electron chi connectivity index (χ4n) is 8.67. The van der Waals surface area contributed by atoms with E-state index in [4.69, 9.17) is 21.1 Å². The van der Waals surface area contributed by atoms with Crippen LogP contribution in [0.3, 0.4) is 0 Å². The molecule has 6 heteroatoms. The van der Waals surface area contributed by atoms with E-state index in [1.165, 1.54) is 32.1 Å². The summed E-state index contributed by atoms with van der Waals surface area (Å²) in [6.07, 6.45) is 6.92. The fraction of sp³-hybridized carbons (Fsp3) is 0.870. The van der Waals surface area contributed by atoms with Crippen molar-refractivity contribution in [2.75, 3.05) is 5.88 Å². The van der Waals surface area contributed by atoms with Crippen LogP contribution in [0.1, 0.15) is 51.9 Å². The quantitative estimate of drug-likeness (QED) is 0.503. The lowest BCUT2D eigenvalue weighted by Gasteiger charge is -2.59. The molecule has 29 heavy (non-hydrogen) atoms. The average Bonchev–Trinajstić information content (AvgIpc) is 3.29. The van der Waals surface area contributed by atoms with E-state index in [2.05, 4.69) is 6.92 Å². The number of fused-ring (bicyclic) bond motifs is 1. The van der Waals surface area contributed by atoms with E-state index in [9.17, 15) is 14.4 Å². The zero-order chi connectivity index (χ0) is 20.1. The van der Waals surface area contributed by atoms with Crippen LogP contribution >= 0.6 is 11.6 Å². The Kier molecular flexibility index (Phi) is 3.99. The molecule has 0 aromatic rings. The molecule has 7 fully saturated rings. The van der Waals surface area contributed by atoms with Crippen LogP contribution in [0.4, 0.5) is 0 Å². The molecule has 0 aromatic heterocycles. The number of hydrogen-bond donors (Lipinski definition) is 0. The number of ether oxygens (including phenoxy) is 2. The van der Waals surface area contributed by atoms with E-state index < -0.39 is 11.5 Å². The molecular weight excluding hydrogens is 392 g/mol. The van der Waals surface area contributed by atoms with E-state index in [0.717, 1.165) is 18.3 Å². The van der Waals surface area contributed by atoms with Crippen molar-refractivity contribution in [3.8, 4) is 0 Å². The average molecular weight is 421 g/mol. The lowest BCUT2D eigenvalue weighted by Crippen LogP contribution is -2.58. The number of carbonyl (C=O) groups excluding carboxylic acids is 3. The topological polar surface area (TPSA) is 69.7 Å². The van der Waals surface area contributed by atoms with E-state index >= 15 is 0 Å². The molecule has 5 nitrogen and oxygen atoms in total. The van der Waals surface area contributed by atoms with Gasteiger partial charge < -0.3 is 9.47 Å². The summed E-state index contributed by atoms with van der Waals surface area (Å²) in [6.45, 7) is 2.15. The smallest absolute Gasteiger partial charge is 0.310 e. The van der Waals surface area contributed by atoms with Gasteiger partial charge in [0.25, 0.3) is 0 Å². The van der Waals surface area contributed by atoms with Crippen LogP contribution < -0.4 is 0 Å². The number of carbonyl (C=O) groups is 3. The summed E-state index contributed by atoms with van der Waals surface area (Å²) >= 11 is 5.73. The van der Waals surface area contributed by atoms with Gasteiger partial charge in [0.1, 0.15) is 17.5 Å². The van der Waals surface area contributed by atoms with Crippen LogP contribution in [-0.4, -0.2) is 35.3 Å². The summed E-state index contributed by atoms with van der Waals surface area (Å²) in [5.74, 6) is 1.14. The Morgan fingerprint density at radius 2 is 1.72 bits per heavy atom. The summed E-state index contributed by atoms with van der Waals surface area (Å²) in [6, 6.07) is 0. The van der Waals surface area contributed by atoms with Crippen molar-refractivity contribution in [3.63, 3.8) is 0 Å². The fourth-order valence-corrected chi connectivity index (χ4v) is 8.78. The molecule has 0 aromatic carbocycles. The van der Waals surface area contributed by atoms with Gasteiger partial charge in [0.05, 0.1) is 17.7 Å². The zero-order valence-corrected chi connectivity index (χ0v) is 17.6. The second-order valence-corrected chi connectivity index (χ2v) is 11.2. The second kappa shape index (κ2) is 6.21. The van der Waals surface area contributed by atoms with Crippen molar-refractivity contribution in [2.24, 2.45) is 53.3 Å². The molecule has 158 valence electrons. The van der Waals surface area contributed by atoms with Gasteiger partial charge in [0, 0.05) is 18.3 Å². The van der Waals surface area contributed by atoms with Crippen LogP contribution in [0.25, 0.3) is 0 Å². The van der Waals surface area contributed by atoms with Crippen molar-refractivity contribution < 1.29 is 23.9 Å². The number of hydrogen-bond acceptors (Lipinski definition) is 5. The van der Waals surface area contributed by atoms with Gasteiger partial charge in [-0.2, -0.15) is 0 Å². The Morgan fingerprint density at radius 3 is 2.34 bits per heavy atom. The van der Waals surface area contributed by atoms with Crippen LogP contribution in [0.15, 0.2) is 0 Å². The van der Waals surface area contributed by atoms with Gasteiger partial charge >= 0.3 is 11.9 Å². The Hall–Kier alpha value is -1.10. The molecule has 6 bridgehead atoms. The van der Waals surface area contributed by atoms with Gasteiger partial charge in [0.2, 0.25) is 0 Å². The lowest BCUT2D eigenvalue weighted by atomic mass is 9.50. The van der Waals surface area contributed by atoms with Crippen LogP contribution in [0, 0.1) is 53.3 Å². The van der Waals surface area contributed by atoms with Crippen molar-refractivity contribution >= 4 is 29.3 Å². The largest absolute Gasteiger partial charge is 0.461 e. The molecule has 7 aliphatic rings. The summed E-state index contributed by atoms with van der Waals surface area (Å²) in [5.41, 5.74) is -0.393. The van der Waals surface area contributed by atoms with Gasteiger partial charge in [0.15, 0.2) is 0 Å². The van der Waals surface area contributed by atoms with E-state index in [-0.39, 0.29) is 53.4 Å². The maximum absolute atomic E-state index is 13.5. The predicted molar refractivity (Wildman–Crippen MR) is 104 cm³/mol. The van der Waals surface area contributed by atoms with E-state index in [0.29, 0.717) is 18.3 Å². The summed E-state index contributed by atoms with van der Waals surface area (Å²) < 4.78 is 12.0. The third kappa shape index (κ3) is 2.49. The first-order chi connectivity index (χ1) is 13.9. The molecule has 6 saturated carbocycles. The van der Waals surface area contributed by atoms with Crippen LogP contribution in [0.5, 0.6) is 0 Å². The summed E-state index contributed by atoms with van der Waals surface area (Å²) in [5, 5.41) is 0. The third-order valence-corrected chi connectivity index (χ3v) is 10.0. The lowest BCUT2D eigenvalue weighted by molar-refractivity contribution is -0.210. The van der Waals surface area contributed by atoms with E-state index in [1.54, 1.807) is 0 Å². The Balaban J connectivity index is 1.25. The minimum Gasteiger partial charge on any atom is -0.461 e. The number of esters is 2. The Labute approximate surface area is 176 Å². The zero-order valence-electron chi connectivity index (χ0n) is 16.8. The SMILES string of the molecule is CC1(OC(=O)C2C3CC4C(OC(=O)C42)C3CC(=O)CCl)C2CC3CC(C2)CC1C3. The van der Waals surface area contributed by atoms with Gasteiger partial charge in [-0.25, -0.2) is 0 Å². The number of halogens is 1. The molecule has 1 saturated heterocycles. The van der Waals surface area contributed by atoms with Crippen molar-refractivity contribution in [3.05, 3.63) is 0 Å². The Bertz CT molecular complexity index is 749. The molecule has 0 amide bonds. The number of rotatable bonds is 5. The number of Topliss-reactive ketones (excluding diaryl/α,β-unsaturated/α-hetero) is 1. The highest BCUT2D eigenvalue weighted by Crippen LogP contribution is 2.63. The van der Waals surface area contributed by atoms with Gasteiger partial charge in [-0.3, -0.25) is 14.4 Å². The minimum atomic E-state index is -0.451. The number of ketones is 1. The highest BCUT2D eigenvalue weighted by molar-refractivity contribution is 6.27. The molecule has 1 heterocycles. The first kappa shape index (κ1) is 18.7. The highest BCUT2D eigenvalue weighted by atomic mass is 35.5. The molecule has 0 radical (unpaired) electrons. The minimum absolute atomic E-state index is 0.00144. The van der Waals surface area contributed by atoms with Crippen molar-refractivity contribution in [1.82, 2.24) is 0 Å². The van der Waals surface area contributed by atoms with Crippen LogP contribution in [-0.2, 0) is 23.9 Å². The van der Waals surface area contributed by atoms with Crippen LogP contribution in [0.2, 0.25) is 0 Å². The molecule has 1 aliphatic heterocycles. The molecule has 6 unspecified atom stereocenters. The van der Waals surface area contributed by atoms with Crippen molar-refractivity contribution in [2.45, 2.75) is 63.6 Å². The first-order valence-corrected chi connectivity index (χ1v) is 11.9.